The second-order valence-electron chi connectivity index (χ2n) is 7.43. The molecule has 32 heavy (non-hydrogen) atoms. The molecule has 4 rings (SSSR count). The average molecular weight is 455 g/mol. The molecule has 0 atom stereocenters. The van der Waals surface area contributed by atoms with Gasteiger partial charge >= 0.3 is 0 Å². The Morgan fingerprint density at radius 2 is 1.66 bits per heavy atom. The van der Waals surface area contributed by atoms with Gasteiger partial charge in [-0.3, -0.25) is 4.79 Å². The lowest BCUT2D eigenvalue weighted by atomic mass is 10.3. The number of aromatic nitrogens is 2. The van der Waals surface area contributed by atoms with E-state index in [9.17, 15) is 13.2 Å². The molecule has 0 N–H and O–H groups in total. The van der Waals surface area contributed by atoms with Crippen molar-refractivity contribution in [1.82, 2.24) is 14.1 Å². The van der Waals surface area contributed by atoms with Crippen molar-refractivity contribution >= 4 is 15.8 Å². The Kier molecular flexibility index (Phi) is 6.57. The van der Waals surface area contributed by atoms with Gasteiger partial charge in [0, 0.05) is 32.2 Å². The van der Waals surface area contributed by atoms with Crippen molar-refractivity contribution in [3.05, 3.63) is 77.1 Å². The first-order chi connectivity index (χ1) is 15.5. The summed E-state index contributed by atoms with van der Waals surface area (Å²) in [6.45, 7) is 4.30. The summed E-state index contributed by atoms with van der Waals surface area (Å²) in [4.78, 5) is 14.6. The molecule has 0 spiro atoms. The van der Waals surface area contributed by atoms with Gasteiger partial charge in [-0.2, -0.15) is 8.99 Å². The summed E-state index contributed by atoms with van der Waals surface area (Å²) in [6, 6.07) is 18.9. The molecule has 1 aliphatic heterocycles. The molecule has 9 heteroatoms. The van der Waals surface area contributed by atoms with Gasteiger partial charge < -0.3 is 9.64 Å². The molecule has 1 fully saturated rings. The van der Waals surface area contributed by atoms with Crippen molar-refractivity contribution in [3.63, 3.8) is 0 Å². The Bertz CT molecular complexity index is 1210. The lowest BCUT2D eigenvalue weighted by Crippen LogP contribution is -2.36. The predicted molar refractivity (Wildman–Crippen MR) is 123 cm³/mol. The zero-order valence-electron chi connectivity index (χ0n) is 17.9. The van der Waals surface area contributed by atoms with Crippen molar-refractivity contribution in [1.29, 1.82) is 0 Å². The number of ether oxygens (including phenoxy) is 1. The van der Waals surface area contributed by atoms with E-state index >= 15 is 0 Å². The maximum Gasteiger partial charge on any atom is 0.271 e. The highest BCUT2D eigenvalue weighted by molar-refractivity contribution is 7.89. The van der Waals surface area contributed by atoms with Crippen molar-refractivity contribution in [2.45, 2.75) is 18.2 Å². The Balaban J connectivity index is 1.51. The van der Waals surface area contributed by atoms with Crippen molar-refractivity contribution < 1.29 is 13.2 Å². The van der Waals surface area contributed by atoms with E-state index in [1.807, 2.05) is 42.2 Å². The molecular formula is C23H26N4O4S. The Hall–Kier alpha value is -3.17. The molecule has 3 aromatic rings. The highest BCUT2D eigenvalue weighted by Crippen LogP contribution is 2.22. The van der Waals surface area contributed by atoms with E-state index in [4.69, 9.17) is 4.74 Å². The fourth-order valence-electron chi connectivity index (χ4n) is 3.71. The molecule has 2 heterocycles. The molecular weight excluding hydrogens is 428 g/mol. The van der Waals surface area contributed by atoms with Crippen molar-refractivity contribution in [2.75, 3.05) is 37.7 Å². The fraction of sp³-hybridized carbons (Fsp3) is 0.304. The summed E-state index contributed by atoms with van der Waals surface area (Å²) >= 11 is 0. The van der Waals surface area contributed by atoms with Gasteiger partial charge in [-0.15, -0.1) is 5.10 Å². The molecule has 8 nitrogen and oxygen atoms in total. The zero-order chi connectivity index (χ0) is 22.6. The Morgan fingerprint density at radius 3 is 2.38 bits per heavy atom. The summed E-state index contributed by atoms with van der Waals surface area (Å²) in [5, 5.41) is 4.53. The Labute approximate surface area is 187 Å². The maximum absolute atomic E-state index is 13.1. The highest BCUT2D eigenvalue weighted by Gasteiger charge is 2.27. The molecule has 0 bridgehead atoms. The predicted octanol–water partition coefficient (Wildman–Crippen LogP) is 2.53. The van der Waals surface area contributed by atoms with Crippen LogP contribution in [0.2, 0.25) is 0 Å². The van der Waals surface area contributed by atoms with Gasteiger partial charge in [-0.1, -0.05) is 18.2 Å². The van der Waals surface area contributed by atoms with Gasteiger partial charge in [0.25, 0.3) is 5.56 Å². The van der Waals surface area contributed by atoms with Crippen LogP contribution in [0, 0.1) is 0 Å². The number of anilines is 1. The van der Waals surface area contributed by atoms with Gasteiger partial charge in [0.1, 0.15) is 11.6 Å². The zero-order valence-corrected chi connectivity index (χ0v) is 18.7. The van der Waals surface area contributed by atoms with E-state index in [1.54, 1.807) is 30.3 Å². The van der Waals surface area contributed by atoms with Crippen LogP contribution in [0.4, 0.5) is 5.82 Å². The minimum absolute atomic E-state index is 0.213. The van der Waals surface area contributed by atoms with Gasteiger partial charge in [0.2, 0.25) is 10.0 Å². The van der Waals surface area contributed by atoms with Crippen molar-refractivity contribution in [2.24, 2.45) is 0 Å². The van der Waals surface area contributed by atoms with E-state index < -0.39 is 10.0 Å². The van der Waals surface area contributed by atoms with Gasteiger partial charge in [0.15, 0.2) is 0 Å². The normalized spacial score (nSPS) is 15.3. The van der Waals surface area contributed by atoms with Crippen LogP contribution < -0.4 is 15.2 Å². The summed E-state index contributed by atoms with van der Waals surface area (Å²) in [5.74, 6) is 1.29. The van der Waals surface area contributed by atoms with Crippen LogP contribution in [0.5, 0.6) is 5.75 Å². The Morgan fingerprint density at radius 1 is 0.906 bits per heavy atom. The standard InChI is InChI=1S/C23H26N4O4S/c1-2-31-20-9-11-21(12-10-20)32(29,30)26-16-6-15-25(17-18-26)22-13-14-23(28)27(24-22)19-7-4-3-5-8-19/h3-5,7-14H,2,6,15-18H2,1H3. The number of hydrogen-bond acceptors (Lipinski definition) is 6. The summed E-state index contributed by atoms with van der Waals surface area (Å²) in [6.07, 6.45) is 0.655. The maximum atomic E-state index is 13.1. The smallest absolute Gasteiger partial charge is 0.271 e. The summed E-state index contributed by atoms with van der Waals surface area (Å²) in [5.41, 5.74) is 0.475. The minimum atomic E-state index is -3.61. The molecule has 2 aromatic carbocycles. The first-order valence-corrected chi connectivity index (χ1v) is 12.1. The lowest BCUT2D eigenvalue weighted by molar-refractivity contribution is 0.340. The molecule has 0 unspecified atom stereocenters. The third-order valence-corrected chi connectivity index (χ3v) is 7.25. The fourth-order valence-corrected chi connectivity index (χ4v) is 5.18. The van der Waals surface area contributed by atoms with Crippen LogP contribution in [0.1, 0.15) is 13.3 Å². The van der Waals surface area contributed by atoms with Crippen molar-refractivity contribution in [3.8, 4) is 11.4 Å². The number of para-hydroxylation sites is 1. The van der Waals surface area contributed by atoms with Crippen LogP contribution in [-0.2, 0) is 10.0 Å². The number of hydrogen-bond donors (Lipinski definition) is 0. The number of benzene rings is 2. The number of rotatable bonds is 6. The lowest BCUT2D eigenvalue weighted by Gasteiger charge is -2.23. The first kappa shape index (κ1) is 22.0. The molecule has 0 saturated carbocycles. The van der Waals surface area contributed by atoms with Crippen LogP contribution in [0.15, 0.2) is 76.4 Å². The van der Waals surface area contributed by atoms with Crippen LogP contribution >= 0.6 is 0 Å². The summed E-state index contributed by atoms with van der Waals surface area (Å²) in [7, 11) is -3.61. The van der Waals surface area contributed by atoms with E-state index in [0.29, 0.717) is 56.5 Å². The van der Waals surface area contributed by atoms with E-state index in [1.165, 1.54) is 15.1 Å². The monoisotopic (exact) mass is 454 g/mol. The average Bonchev–Trinajstić information content (AvgIpc) is 3.08. The molecule has 0 aliphatic carbocycles. The largest absolute Gasteiger partial charge is 0.494 e. The van der Waals surface area contributed by atoms with Gasteiger partial charge in [-0.05, 0) is 55.8 Å². The first-order valence-electron chi connectivity index (χ1n) is 10.6. The highest BCUT2D eigenvalue weighted by atomic mass is 32.2. The third-order valence-electron chi connectivity index (χ3n) is 5.34. The third kappa shape index (κ3) is 4.68. The molecule has 1 aromatic heterocycles. The van der Waals surface area contributed by atoms with E-state index in [2.05, 4.69) is 5.10 Å². The van der Waals surface area contributed by atoms with Crippen LogP contribution in [0.3, 0.4) is 0 Å². The molecule has 1 saturated heterocycles. The van der Waals surface area contributed by atoms with E-state index in [-0.39, 0.29) is 10.5 Å². The second-order valence-corrected chi connectivity index (χ2v) is 9.36. The van der Waals surface area contributed by atoms with Gasteiger partial charge in [-0.25, -0.2) is 8.42 Å². The molecule has 0 radical (unpaired) electrons. The SMILES string of the molecule is CCOc1ccc(S(=O)(=O)N2CCCN(c3ccc(=O)n(-c4ccccc4)n3)CC2)cc1. The van der Waals surface area contributed by atoms with E-state index in [0.717, 1.165) is 0 Å². The second kappa shape index (κ2) is 9.54. The molecule has 0 amide bonds. The number of sulfonamides is 1. The molecule has 1 aliphatic rings. The quantitative estimate of drug-likeness (QED) is 0.569. The topological polar surface area (TPSA) is 84.7 Å². The summed E-state index contributed by atoms with van der Waals surface area (Å²) < 4.78 is 34.6. The van der Waals surface area contributed by atoms with Gasteiger partial charge in [0.05, 0.1) is 17.2 Å². The number of nitrogens with zero attached hydrogens (tertiary/aromatic N) is 4. The minimum Gasteiger partial charge on any atom is -0.494 e. The van der Waals surface area contributed by atoms with Crippen LogP contribution in [0.25, 0.3) is 5.69 Å². The van der Waals surface area contributed by atoms with Crippen LogP contribution in [-0.4, -0.2) is 55.3 Å². The molecule has 168 valence electrons.